The van der Waals surface area contributed by atoms with Crippen molar-refractivity contribution in [3.05, 3.63) is 106 Å². The van der Waals surface area contributed by atoms with Crippen LogP contribution in [0.1, 0.15) is 17.5 Å². The van der Waals surface area contributed by atoms with Crippen LogP contribution in [0.2, 0.25) is 0 Å². The quantitative estimate of drug-likeness (QED) is 0.600. The van der Waals surface area contributed by atoms with Gasteiger partial charge in [-0.25, -0.2) is 13.8 Å². The molecule has 0 N–H and O–H groups in total. The number of rotatable bonds is 3. The monoisotopic (exact) mass is 388 g/mol. The number of halogens is 2. The molecule has 144 valence electrons. The second-order valence-corrected chi connectivity index (χ2v) is 7.50. The van der Waals surface area contributed by atoms with Crippen LogP contribution in [0.4, 0.5) is 8.78 Å². The highest BCUT2D eigenvalue weighted by atomic mass is 19.1. The van der Waals surface area contributed by atoms with Gasteiger partial charge in [0.2, 0.25) is 0 Å². The van der Waals surface area contributed by atoms with Crippen LogP contribution in [0.25, 0.3) is 16.5 Å². The third-order valence-electron chi connectivity index (χ3n) is 5.69. The molecule has 0 amide bonds. The first-order valence-electron chi connectivity index (χ1n) is 9.59. The number of nitrogens with zero attached hydrogens (tertiary/aromatic N) is 2. The van der Waals surface area contributed by atoms with Crippen LogP contribution in [0.15, 0.2) is 77.9 Å². The second-order valence-electron chi connectivity index (χ2n) is 7.50. The smallest absolute Gasteiger partial charge is 0.261 e. The molecule has 2 atom stereocenters. The van der Waals surface area contributed by atoms with E-state index in [1.54, 1.807) is 24.3 Å². The Kier molecular flexibility index (Phi) is 4.23. The summed E-state index contributed by atoms with van der Waals surface area (Å²) in [5.41, 5.74) is 1.42. The van der Waals surface area contributed by atoms with Crippen LogP contribution in [-0.4, -0.2) is 9.55 Å². The fourth-order valence-electron chi connectivity index (χ4n) is 4.08. The van der Waals surface area contributed by atoms with E-state index in [0.717, 1.165) is 12.0 Å². The first-order chi connectivity index (χ1) is 14.1. The summed E-state index contributed by atoms with van der Waals surface area (Å²) in [7, 11) is 0. The molecule has 5 heteroatoms. The van der Waals surface area contributed by atoms with E-state index in [2.05, 4.69) is 29.3 Å². The van der Waals surface area contributed by atoms with Crippen molar-refractivity contribution in [1.82, 2.24) is 9.55 Å². The molecule has 5 rings (SSSR count). The molecule has 0 saturated heterocycles. The van der Waals surface area contributed by atoms with E-state index in [0.29, 0.717) is 28.3 Å². The third-order valence-corrected chi connectivity index (χ3v) is 5.69. The van der Waals surface area contributed by atoms with Crippen molar-refractivity contribution in [2.75, 3.05) is 0 Å². The van der Waals surface area contributed by atoms with Gasteiger partial charge in [-0.3, -0.25) is 9.36 Å². The molecule has 29 heavy (non-hydrogen) atoms. The fourth-order valence-corrected chi connectivity index (χ4v) is 4.08. The molecule has 1 aromatic heterocycles. The summed E-state index contributed by atoms with van der Waals surface area (Å²) in [6, 6.07) is 9.60. The highest BCUT2D eigenvalue weighted by molar-refractivity contribution is 5.77. The van der Waals surface area contributed by atoms with Crippen molar-refractivity contribution in [1.29, 1.82) is 0 Å². The molecule has 2 aliphatic rings. The van der Waals surface area contributed by atoms with Crippen LogP contribution >= 0.6 is 0 Å². The summed E-state index contributed by atoms with van der Waals surface area (Å²) in [5.74, 6) is -0.606. The standard InChI is InChI=1S/C24H18F2N2O/c25-21-11-18(17-9-8-15-4-3-5-16(15)10-17)12-22(26)20(21)13-28-14-27-23-7-2-1-6-19(23)24(28)29/h1-4,6-12,14-16H,5,13H2. The van der Waals surface area contributed by atoms with E-state index in [1.165, 1.54) is 23.0 Å². The molecule has 0 saturated carbocycles. The van der Waals surface area contributed by atoms with Gasteiger partial charge < -0.3 is 0 Å². The van der Waals surface area contributed by atoms with Crippen molar-refractivity contribution in [2.24, 2.45) is 11.8 Å². The van der Waals surface area contributed by atoms with Crippen LogP contribution in [0.3, 0.4) is 0 Å². The van der Waals surface area contributed by atoms with Crippen LogP contribution in [0, 0.1) is 23.5 Å². The number of benzene rings is 2. The highest BCUT2D eigenvalue weighted by Crippen LogP contribution is 2.35. The van der Waals surface area contributed by atoms with E-state index in [-0.39, 0.29) is 17.7 Å². The molecular formula is C24H18F2N2O. The highest BCUT2D eigenvalue weighted by Gasteiger charge is 2.23. The molecule has 0 radical (unpaired) electrons. The van der Waals surface area contributed by atoms with Gasteiger partial charge in [0.15, 0.2) is 0 Å². The lowest BCUT2D eigenvalue weighted by molar-refractivity contribution is 0.540. The van der Waals surface area contributed by atoms with Crippen LogP contribution in [0.5, 0.6) is 0 Å². The molecular weight excluding hydrogens is 370 g/mol. The topological polar surface area (TPSA) is 34.9 Å². The average Bonchev–Trinajstić information content (AvgIpc) is 3.20. The molecule has 3 aromatic rings. The minimum absolute atomic E-state index is 0.145. The van der Waals surface area contributed by atoms with E-state index in [1.807, 2.05) is 6.08 Å². The Labute approximate surface area is 166 Å². The van der Waals surface area contributed by atoms with E-state index in [4.69, 9.17) is 0 Å². The van der Waals surface area contributed by atoms with E-state index >= 15 is 0 Å². The van der Waals surface area contributed by atoms with Crippen LogP contribution in [-0.2, 0) is 6.54 Å². The van der Waals surface area contributed by atoms with Gasteiger partial charge in [-0.15, -0.1) is 0 Å². The molecule has 3 nitrogen and oxygen atoms in total. The van der Waals surface area contributed by atoms with E-state index < -0.39 is 11.6 Å². The number of hydrogen-bond donors (Lipinski definition) is 0. The van der Waals surface area contributed by atoms with Crippen molar-refractivity contribution in [2.45, 2.75) is 13.0 Å². The molecule has 0 spiro atoms. The zero-order valence-electron chi connectivity index (χ0n) is 15.6. The summed E-state index contributed by atoms with van der Waals surface area (Å²) in [5, 5.41) is 0.421. The predicted octanol–water partition coefficient (Wildman–Crippen LogP) is 4.87. The molecule has 2 aromatic carbocycles. The molecule has 1 heterocycles. The van der Waals surface area contributed by atoms with Gasteiger partial charge in [0.05, 0.1) is 23.8 Å². The summed E-state index contributed by atoms with van der Waals surface area (Å²) in [4.78, 5) is 16.8. The van der Waals surface area contributed by atoms with Gasteiger partial charge in [-0.1, -0.05) is 42.5 Å². The molecule has 0 fully saturated rings. The normalized spacial score (nSPS) is 20.1. The SMILES string of the molecule is O=c1c2ccccc2ncn1Cc1c(F)cc(C2=CC3CC=CC3C=C2)cc1F. The van der Waals surface area contributed by atoms with Gasteiger partial charge in [-0.2, -0.15) is 0 Å². The average molecular weight is 388 g/mol. The fraction of sp³-hybridized carbons (Fsp3) is 0.167. The summed E-state index contributed by atoms with van der Waals surface area (Å²) < 4.78 is 30.9. The zero-order valence-corrected chi connectivity index (χ0v) is 15.6. The molecule has 2 aliphatic carbocycles. The summed E-state index contributed by atoms with van der Waals surface area (Å²) in [6.45, 7) is -0.210. The maximum absolute atomic E-state index is 14.8. The maximum atomic E-state index is 14.8. The zero-order chi connectivity index (χ0) is 20.0. The first kappa shape index (κ1) is 17.7. The Morgan fingerprint density at radius 3 is 2.72 bits per heavy atom. The summed E-state index contributed by atoms with van der Waals surface area (Å²) in [6.07, 6.45) is 12.6. The number of fused-ring (bicyclic) bond motifs is 2. The van der Waals surface area contributed by atoms with Gasteiger partial charge in [0, 0.05) is 11.5 Å². The number of para-hydroxylation sites is 1. The molecule has 2 unspecified atom stereocenters. The summed E-state index contributed by atoms with van der Waals surface area (Å²) >= 11 is 0. The first-order valence-corrected chi connectivity index (χ1v) is 9.59. The van der Waals surface area contributed by atoms with Gasteiger partial charge in [0.1, 0.15) is 11.6 Å². The molecule has 0 bridgehead atoms. The minimum Gasteiger partial charge on any atom is -0.294 e. The number of aromatic nitrogens is 2. The second kappa shape index (κ2) is 6.92. The number of hydrogen-bond acceptors (Lipinski definition) is 2. The number of allylic oxidation sites excluding steroid dienone is 6. The lowest BCUT2D eigenvalue weighted by Crippen LogP contribution is -2.22. The largest absolute Gasteiger partial charge is 0.294 e. The Bertz CT molecular complexity index is 1250. The van der Waals surface area contributed by atoms with Gasteiger partial charge in [-0.05, 0) is 47.7 Å². The lowest BCUT2D eigenvalue weighted by atomic mass is 9.86. The Morgan fingerprint density at radius 2 is 1.90 bits per heavy atom. The lowest BCUT2D eigenvalue weighted by Gasteiger charge is -2.19. The van der Waals surface area contributed by atoms with E-state index in [9.17, 15) is 13.6 Å². The Hall–Kier alpha value is -3.34. The Balaban J connectivity index is 1.49. The molecule has 0 aliphatic heterocycles. The maximum Gasteiger partial charge on any atom is 0.261 e. The third kappa shape index (κ3) is 3.12. The van der Waals surface area contributed by atoms with Crippen molar-refractivity contribution >= 4 is 16.5 Å². The predicted molar refractivity (Wildman–Crippen MR) is 109 cm³/mol. The van der Waals surface area contributed by atoms with Crippen molar-refractivity contribution < 1.29 is 8.78 Å². The van der Waals surface area contributed by atoms with Gasteiger partial charge >= 0.3 is 0 Å². The van der Waals surface area contributed by atoms with Gasteiger partial charge in [0.25, 0.3) is 5.56 Å². The van der Waals surface area contributed by atoms with Crippen molar-refractivity contribution in [3.8, 4) is 0 Å². The van der Waals surface area contributed by atoms with Crippen molar-refractivity contribution in [3.63, 3.8) is 0 Å². The Morgan fingerprint density at radius 1 is 1.10 bits per heavy atom. The van der Waals surface area contributed by atoms with Crippen LogP contribution < -0.4 is 5.56 Å². The minimum atomic E-state index is -0.666.